The number of hydrogen-bond acceptors (Lipinski definition) is 4. The van der Waals surface area contributed by atoms with Gasteiger partial charge in [0.25, 0.3) is 0 Å². The number of alkyl halides is 1. The molecule has 3 nitrogen and oxygen atoms in total. The zero-order chi connectivity index (χ0) is 9.26. The molecule has 0 amide bonds. The highest BCUT2D eigenvalue weighted by Crippen LogP contribution is 2.26. The number of nitrogens with zero attached hydrogens (tertiary/aromatic N) is 3. The summed E-state index contributed by atoms with van der Waals surface area (Å²) in [7, 11) is 0. The first-order valence-corrected chi connectivity index (χ1v) is 5.74. The molecule has 5 heteroatoms. The number of rotatable bonds is 1. The molecule has 2 unspecified atom stereocenters. The van der Waals surface area contributed by atoms with E-state index < -0.39 is 0 Å². The fraction of sp³-hybridized carbons (Fsp3) is 0.750. The third kappa shape index (κ3) is 1.94. The number of aromatic nitrogens is 2. The first kappa shape index (κ1) is 9.21. The first-order chi connectivity index (χ1) is 6.27. The van der Waals surface area contributed by atoms with Crippen LogP contribution in [0.2, 0.25) is 0 Å². The lowest BCUT2D eigenvalue weighted by atomic mass is 9.99. The van der Waals surface area contributed by atoms with Gasteiger partial charge in [-0.3, -0.25) is 0 Å². The Labute approximate surface area is 86.7 Å². The molecule has 0 aliphatic carbocycles. The quantitative estimate of drug-likeness (QED) is 0.674. The number of piperidine rings is 1. The Kier molecular flexibility index (Phi) is 2.69. The third-order valence-corrected chi connectivity index (χ3v) is 3.80. The van der Waals surface area contributed by atoms with Crippen molar-refractivity contribution in [3.63, 3.8) is 0 Å². The number of hydrogen-bond donors (Lipinski definition) is 0. The van der Waals surface area contributed by atoms with Gasteiger partial charge < -0.3 is 4.90 Å². The summed E-state index contributed by atoms with van der Waals surface area (Å²) in [5.74, 6) is 0.617. The standard InChI is InChI=1S/C8H12ClN3S/c1-6-2-3-12(4-7(6)9)8-11-10-5-13-8/h5-7H,2-4H2,1H3. The Balaban J connectivity index is 2.03. The van der Waals surface area contributed by atoms with E-state index in [0.29, 0.717) is 5.92 Å². The lowest BCUT2D eigenvalue weighted by Gasteiger charge is -2.33. The van der Waals surface area contributed by atoms with Gasteiger partial charge in [-0.2, -0.15) is 0 Å². The zero-order valence-corrected chi connectivity index (χ0v) is 9.05. The van der Waals surface area contributed by atoms with Crippen LogP contribution in [-0.4, -0.2) is 28.7 Å². The predicted octanol–water partition coefficient (Wildman–Crippen LogP) is 1.99. The van der Waals surface area contributed by atoms with E-state index in [9.17, 15) is 0 Å². The Morgan fingerprint density at radius 1 is 1.69 bits per heavy atom. The van der Waals surface area contributed by atoms with E-state index in [1.54, 1.807) is 16.8 Å². The van der Waals surface area contributed by atoms with Crippen LogP contribution in [0.25, 0.3) is 0 Å². The molecule has 2 atom stereocenters. The SMILES string of the molecule is CC1CCN(c2nncs2)CC1Cl. The van der Waals surface area contributed by atoms with Gasteiger partial charge in [0.05, 0.1) is 5.38 Å². The molecule has 1 aliphatic rings. The van der Waals surface area contributed by atoms with E-state index in [0.717, 1.165) is 24.6 Å². The van der Waals surface area contributed by atoms with Gasteiger partial charge in [0.15, 0.2) is 0 Å². The Morgan fingerprint density at radius 3 is 3.15 bits per heavy atom. The molecular weight excluding hydrogens is 206 g/mol. The van der Waals surface area contributed by atoms with Crippen molar-refractivity contribution >= 4 is 28.1 Å². The van der Waals surface area contributed by atoms with E-state index in [2.05, 4.69) is 22.0 Å². The molecule has 0 saturated carbocycles. The van der Waals surface area contributed by atoms with E-state index in [1.165, 1.54) is 0 Å². The fourth-order valence-corrected chi connectivity index (χ4v) is 2.39. The van der Waals surface area contributed by atoms with Crippen molar-refractivity contribution in [2.75, 3.05) is 18.0 Å². The highest BCUT2D eigenvalue weighted by molar-refractivity contribution is 7.13. The molecule has 0 spiro atoms. The minimum atomic E-state index is 0.248. The summed E-state index contributed by atoms with van der Waals surface area (Å²) in [6.45, 7) is 4.16. The minimum Gasteiger partial charge on any atom is -0.345 e. The molecule has 1 saturated heterocycles. The summed E-state index contributed by atoms with van der Waals surface area (Å²) >= 11 is 7.77. The molecule has 0 N–H and O–H groups in total. The maximum absolute atomic E-state index is 6.19. The molecular formula is C8H12ClN3S. The van der Waals surface area contributed by atoms with Crippen LogP contribution in [0.3, 0.4) is 0 Å². The van der Waals surface area contributed by atoms with Gasteiger partial charge in [-0.15, -0.1) is 21.8 Å². The van der Waals surface area contributed by atoms with Crippen molar-refractivity contribution in [2.24, 2.45) is 5.92 Å². The molecule has 1 fully saturated rings. The summed E-state index contributed by atoms with van der Waals surface area (Å²) in [5, 5.41) is 9.11. The van der Waals surface area contributed by atoms with Crippen LogP contribution in [0.5, 0.6) is 0 Å². The van der Waals surface area contributed by atoms with Crippen LogP contribution in [-0.2, 0) is 0 Å². The van der Waals surface area contributed by atoms with Gasteiger partial charge in [-0.25, -0.2) is 0 Å². The van der Waals surface area contributed by atoms with Crippen molar-refractivity contribution in [3.05, 3.63) is 5.51 Å². The lowest BCUT2D eigenvalue weighted by molar-refractivity contribution is 0.445. The molecule has 1 aromatic heterocycles. The second kappa shape index (κ2) is 3.80. The van der Waals surface area contributed by atoms with Crippen molar-refractivity contribution < 1.29 is 0 Å². The van der Waals surface area contributed by atoms with Gasteiger partial charge in [-0.1, -0.05) is 18.3 Å². The van der Waals surface area contributed by atoms with Crippen molar-refractivity contribution in [3.8, 4) is 0 Å². The molecule has 0 bridgehead atoms. The van der Waals surface area contributed by atoms with Crippen LogP contribution >= 0.6 is 22.9 Å². The van der Waals surface area contributed by atoms with E-state index in [4.69, 9.17) is 11.6 Å². The van der Waals surface area contributed by atoms with Crippen LogP contribution < -0.4 is 4.90 Å². The largest absolute Gasteiger partial charge is 0.345 e. The Hall–Kier alpha value is -0.350. The lowest BCUT2D eigenvalue weighted by Crippen LogP contribution is -2.40. The van der Waals surface area contributed by atoms with Gasteiger partial charge in [0, 0.05) is 13.1 Å². The van der Waals surface area contributed by atoms with Crippen molar-refractivity contribution in [2.45, 2.75) is 18.7 Å². The monoisotopic (exact) mass is 217 g/mol. The van der Waals surface area contributed by atoms with Gasteiger partial charge >= 0.3 is 0 Å². The van der Waals surface area contributed by atoms with Crippen LogP contribution in [0.1, 0.15) is 13.3 Å². The van der Waals surface area contributed by atoms with Gasteiger partial charge in [0.2, 0.25) is 5.13 Å². The van der Waals surface area contributed by atoms with Gasteiger partial charge in [-0.05, 0) is 12.3 Å². The topological polar surface area (TPSA) is 29.0 Å². The highest BCUT2D eigenvalue weighted by atomic mass is 35.5. The summed E-state index contributed by atoms with van der Waals surface area (Å²) in [4.78, 5) is 2.22. The molecule has 72 valence electrons. The van der Waals surface area contributed by atoms with Crippen LogP contribution in [0, 0.1) is 5.92 Å². The first-order valence-electron chi connectivity index (χ1n) is 4.42. The Bertz CT molecular complexity index is 264. The average Bonchev–Trinajstić information content (AvgIpc) is 2.62. The fourth-order valence-electron chi connectivity index (χ4n) is 1.50. The Morgan fingerprint density at radius 2 is 2.54 bits per heavy atom. The summed E-state index contributed by atoms with van der Waals surface area (Å²) < 4.78 is 0. The van der Waals surface area contributed by atoms with Crippen molar-refractivity contribution in [1.82, 2.24) is 10.2 Å². The number of anilines is 1. The normalized spacial score (nSPS) is 29.2. The summed E-state index contributed by atoms with van der Waals surface area (Å²) in [5.41, 5.74) is 1.76. The molecule has 1 aliphatic heterocycles. The molecule has 0 aromatic carbocycles. The average molecular weight is 218 g/mol. The van der Waals surface area contributed by atoms with Crippen molar-refractivity contribution in [1.29, 1.82) is 0 Å². The maximum Gasteiger partial charge on any atom is 0.208 e. The summed E-state index contributed by atoms with van der Waals surface area (Å²) in [6.07, 6.45) is 1.15. The van der Waals surface area contributed by atoms with E-state index >= 15 is 0 Å². The smallest absolute Gasteiger partial charge is 0.208 e. The van der Waals surface area contributed by atoms with Crippen LogP contribution in [0.4, 0.5) is 5.13 Å². The molecule has 0 radical (unpaired) electrons. The highest BCUT2D eigenvalue weighted by Gasteiger charge is 2.25. The van der Waals surface area contributed by atoms with E-state index in [1.807, 2.05) is 0 Å². The second-order valence-electron chi connectivity index (χ2n) is 3.45. The maximum atomic E-state index is 6.19. The predicted molar refractivity (Wildman–Crippen MR) is 55.5 cm³/mol. The third-order valence-electron chi connectivity index (χ3n) is 2.49. The van der Waals surface area contributed by atoms with Gasteiger partial charge in [0.1, 0.15) is 5.51 Å². The van der Waals surface area contributed by atoms with Crippen LogP contribution in [0.15, 0.2) is 5.51 Å². The second-order valence-corrected chi connectivity index (χ2v) is 4.82. The minimum absolute atomic E-state index is 0.248. The molecule has 1 aromatic rings. The molecule has 2 rings (SSSR count). The summed E-state index contributed by atoms with van der Waals surface area (Å²) in [6, 6.07) is 0. The van der Waals surface area contributed by atoms with E-state index in [-0.39, 0.29) is 5.38 Å². The molecule has 13 heavy (non-hydrogen) atoms. The number of halogens is 1. The molecule has 2 heterocycles. The zero-order valence-electron chi connectivity index (χ0n) is 7.48.